The standard InChI is InChI=1S/C56H33N3S/c1-3-13-34(14-4-1)48-29-26-36-23-24-37-27-30-49(58-55(37)54(36)57-48)38-25-28-41-42-32-47-52(33-43(42)53(59-50(41)31-38)35-15-5-2-6-16-35)60-51-22-12-11-21-46(51)56(47)44-19-9-7-17-39(44)40-18-8-10-20-45(40)56/h1-33H. The average Bonchev–Trinajstić information content (AvgIpc) is 3.61. The van der Waals surface area contributed by atoms with Gasteiger partial charge in [-0.3, -0.25) is 0 Å². The van der Waals surface area contributed by atoms with E-state index in [2.05, 4.69) is 194 Å². The predicted molar refractivity (Wildman–Crippen MR) is 248 cm³/mol. The number of pyridine rings is 3. The van der Waals surface area contributed by atoms with E-state index in [1.807, 2.05) is 17.8 Å². The molecule has 3 nitrogen and oxygen atoms in total. The van der Waals surface area contributed by atoms with Crippen molar-refractivity contribution in [1.29, 1.82) is 0 Å². The average molecular weight is 780 g/mol. The molecule has 60 heavy (non-hydrogen) atoms. The van der Waals surface area contributed by atoms with Crippen LogP contribution < -0.4 is 0 Å². The van der Waals surface area contributed by atoms with Gasteiger partial charge in [0.2, 0.25) is 0 Å². The van der Waals surface area contributed by atoms with Crippen LogP contribution in [0.1, 0.15) is 22.3 Å². The van der Waals surface area contributed by atoms with Crippen LogP contribution in [-0.4, -0.2) is 15.0 Å². The summed E-state index contributed by atoms with van der Waals surface area (Å²) in [6, 6.07) is 72.5. The van der Waals surface area contributed by atoms with Gasteiger partial charge in [0, 0.05) is 48.0 Å². The number of fused-ring (bicyclic) bond motifs is 15. The molecule has 0 amide bonds. The number of aromatic nitrogens is 3. The largest absolute Gasteiger partial charge is 0.247 e. The molecule has 0 fully saturated rings. The fourth-order valence-electron chi connectivity index (χ4n) is 10.0. The van der Waals surface area contributed by atoms with Crippen molar-refractivity contribution < 1.29 is 0 Å². The second-order valence-corrected chi connectivity index (χ2v) is 16.9. The SMILES string of the molecule is c1ccc(-c2ccc3ccc4ccc(-c5ccc6c(c5)nc(-c5ccccc5)c5cc7c(cc56)C5(c6ccccc6S7)c6ccccc6-c6ccccc65)nc4c3n2)cc1. The summed E-state index contributed by atoms with van der Waals surface area (Å²) in [6.07, 6.45) is 0. The predicted octanol–water partition coefficient (Wildman–Crippen LogP) is 14.3. The molecule has 0 unspecified atom stereocenters. The Morgan fingerprint density at radius 2 is 0.917 bits per heavy atom. The van der Waals surface area contributed by atoms with E-state index < -0.39 is 5.41 Å². The third-order valence-corrected chi connectivity index (χ3v) is 13.8. The summed E-state index contributed by atoms with van der Waals surface area (Å²) in [4.78, 5) is 18.6. The molecule has 0 saturated heterocycles. The molecule has 13 rings (SSSR count). The molecule has 4 heteroatoms. The van der Waals surface area contributed by atoms with Crippen LogP contribution >= 0.6 is 11.8 Å². The second-order valence-electron chi connectivity index (χ2n) is 15.9. The van der Waals surface area contributed by atoms with E-state index in [1.54, 1.807) is 0 Å². The number of hydrogen-bond donors (Lipinski definition) is 0. The molecule has 4 heterocycles. The van der Waals surface area contributed by atoms with E-state index in [0.717, 1.165) is 71.9 Å². The van der Waals surface area contributed by atoms with Crippen molar-refractivity contribution in [3.8, 4) is 44.9 Å². The summed E-state index contributed by atoms with van der Waals surface area (Å²) in [6.45, 7) is 0. The first-order chi connectivity index (χ1) is 29.7. The Labute approximate surface area is 351 Å². The van der Waals surface area contributed by atoms with Crippen LogP contribution in [0.5, 0.6) is 0 Å². The van der Waals surface area contributed by atoms with E-state index in [4.69, 9.17) is 15.0 Å². The Hall–Kier alpha value is -7.40. The van der Waals surface area contributed by atoms with Crippen molar-refractivity contribution in [3.05, 3.63) is 222 Å². The summed E-state index contributed by atoms with van der Waals surface area (Å²) in [5, 5.41) is 5.60. The molecular formula is C56H33N3S. The Balaban J connectivity index is 1.06. The van der Waals surface area contributed by atoms with Gasteiger partial charge >= 0.3 is 0 Å². The molecule has 0 radical (unpaired) electrons. The Morgan fingerprint density at radius 1 is 0.350 bits per heavy atom. The minimum absolute atomic E-state index is 0.465. The van der Waals surface area contributed by atoms with Gasteiger partial charge in [0.1, 0.15) is 0 Å². The molecule has 2 aliphatic rings. The lowest BCUT2D eigenvalue weighted by Gasteiger charge is -2.40. The van der Waals surface area contributed by atoms with E-state index in [1.165, 1.54) is 48.6 Å². The lowest BCUT2D eigenvalue weighted by Crippen LogP contribution is -2.32. The number of hydrogen-bond acceptors (Lipinski definition) is 4. The smallest absolute Gasteiger partial charge is 0.0972 e. The van der Waals surface area contributed by atoms with Crippen LogP contribution in [0.2, 0.25) is 0 Å². The highest BCUT2D eigenvalue weighted by atomic mass is 32.2. The van der Waals surface area contributed by atoms with E-state index in [-0.39, 0.29) is 0 Å². The summed E-state index contributed by atoms with van der Waals surface area (Å²) >= 11 is 1.88. The molecule has 0 N–H and O–H groups in total. The number of nitrogens with zero attached hydrogens (tertiary/aromatic N) is 3. The molecule has 8 aromatic carbocycles. The topological polar surface area (TPSA) is 38.7 Å². The van der Waals surface area contributed by atoms with Crippen molar-refractivity contribution in [2.24, 2.45) is 0 Å². The molecule has 11 aromatic rings. The Morgan fingerprint density at radius 3 is 1.60 bits per heavy atom. The fourth-order valence-corrected chi connectivity index (χ4v) is 11.2. The highest BCUT2D eigenvalue weighted by Gasteiger charge is 2.50. The van der Waals surface area contributed by atoms with Crippen molar-refractivity contribution in [2.75, 3.05) is 0 Å². The normalized spacial score (nSPS) is 13.4. The molecular weight excluding hydrogens is 747 g/mol. The third-order valence-electron chi connectivity index (χ3n) is 12.7. The van der Waals surface area contributed by atoms with E-state index in [0.29, 0.717) is 0 Å². The van der Waals surface area contributed by atoms with Gasteiger partial charge in [-0.15, -0.1) is 0 Å². The van der Waals surface area contributed by atoms with Gasteiger partial charge in [0.05, 0.1) is 39.0 Å². The molecule has 0 saturated carbocycles. The highest BCUT2D eigenvalue weighted by Crippen LogP contribution is 2.62. The molecule has 3 aromatic heterocycles. The van der Waals surface area contributed by atoms with Crippen molar-refractivity contribution in [2.45, 2.75) is 15.2 Å². The molecule has 1 aliphatic heterocycles. The van der Waals surface area contributed by atoms with Gasteiger partial charge < -0.3 is 0 Å². The quantitative estimate of drug-likeness (QED) is 0.167. The lowest BCUT2D eigenvalue weighted by atomic mass is 9.67. The first kappa shape index (κ1) is 33.6. The highest BCUT2D eigenvalue weighted by molar-refractivity contribution is 7.99. The minimum Gasteiger partial charge on any atom is -0.247 e. The van der Waals surface area contributed by atoms with Gasteiger partial charge in [0.15, 0.2) is 0 Å². The monoisotopic (exact) mass is 779 g/mol. The Bertz CT molecular complexity index is 3530. The summed E-state index contributed by atoms with van der Waals surface area (Å²) in [7, 11) is 0. The van der Waals surface area contributed by atoms with Crippen LogP contribution in [-0.2, 0) is 5.41 Å². The van der Waals surface area contributed by atoms with Crippen molar-refractivity contribution in [1.82, 2.24) is 15.0 Å². The number of rotatable bonds is 3. The second kappa shape index (κ2) is 12.8. The molecule has 0 bridgehead atoms. The zero-order valence-electron chi connectivity index (χ0n) is 32.3. The maximum Gasteiger partial charge on any atom is 0.0972 e. The molecule has 0 atom stereocenters. The van der Waals surface area contributed by atoms with Crippen molar-refractivity contribution >= 4 is 55.2 Å². The Kier molecular flexibility index (Phi) is 7.16. The van der Waals surface area contributed by atoms with Gasteiger partial charge in [-0.2, -0.15) is 0 Å². The maximum atomic E-state index is 5.52. The van der Waals surface area contributed by atoms with Crippen LogP contribution in [0.25, 0.3) is 88.4 Å². The minimum atomic E-state index is -0.465. The fraction of sp³-hybridized carbons (Fsp3) is 0.0179. The molecule has 1 spiro atoms. The summed E-state index contributed by atoms with van der Waals surface area (Å²) in [5.41, 5.74) is 16.2. The molecule has 1 aliphatic carbocycles. The van der Waals surface area contributed by atoms with Crippen molar-refractivity contribution in [3.63, 3.8) is 0 Å². The van der Waals surface area contributed by atoms with Gasteiger partial charge in [-0.05, 0) is 75.2 Å². The maximum absolute atomic E-state index is 5.52. The van der Waals surface area contributed by atoms with Crippen LogP contribution in [0.15, 0.2) is 210 Å². The van der Waals surface area contributed by atoms with Crippen LogP contribution in [0.4, 0.5) is 0 Å². The third kappa shape index (κ3) is 4.77. The van der Waals surface area contributed by atoms with E-state index in [9.17, 15) is 0 Å². The zero-order chi connectivity index (χ0) is 39.4. The zero-order valence-corrected chi connectivity index (χ0v) is 33.1. The number of benzene rings is 8. The summed E-state index contributed by atoms with van der Waals surface area (Å²) in [5.74, 6) is 0. The lowest BCUT2D eigenvalue weighted by molar-refractivity contribution is 0.724. The first-order valence-corrected chi connectivity index (χ1v) is 21.2. The molecule has 278 valence electrons. The first-order valence-electron chi connectivity index (χ1n) is 20.4. The van der Waals surface area contributed by atoms with Crippen LogP contribution in [0, 0.1) is 0 Å². The van der Waals surface area contributed by atoms with Gasteiger partial charge in [-0.25, -0.2) is 15.0 Å². The summed E-state index contributed by atoms with van der Waals surface area (Å²) < 4.78 is 0. The van der Waals surface area contributed by atoms with Gasteiger partial charge in [0.25, 0.3) is 0 Å². The van der Waals surface area contributed by atoms with Crippen LogP contribution in [0.3, 0.4) is 0 Å². The van der Waals surface area contributed by atoms with Gasteiger partial charge in [-0.1, -0.05) is 176 Å². The van der Waals surface area contributed by atoms with E-state index >= 15 is 0 Å².